The predicted octanol–water partition coefficient (Wildman–Crippen LogP) is 3.14. The number of hydrogen-bond acceptors (Lipinski definition) is 6. The van der Waals surface area contributed by atoms with Gasteiger partial charge in [0.2, 0.25) is 5.91 Å². The zero-order chi connectivity index (χ0) is 25.4. The Kier molecular flexibility index (Phi) is 6.45. The minimum atomic E-state index is -1.57. The lowest BCUT2D eigenvalue weighted by Crippen LogP contribution is -2.29. The van der Waals surface area contributed by atoms with Crippen LogP contribution in [0.4, 0.5) is 5.69 Å². The van der Waals surface area contributed by atoms with E-state index in [2.05, 4.69) is 21.6 Å². The normalized spacial score (nSPS) is 14.4. The molecule has 1 aliphatic heterocycles. The molecule has 180 valence electrons. The number of carbonyl (C=O) groups excluding carboxylic acids is 1. The Hall–Kier alpha value is -3.79. The van der Waals surface area contributed by atoms with Gasteiger partial charge in [-0.05, 0) is 55.7 Å². The standard InChI is InChI=1S/C26H23BClN5O3/c1-15-3-12-23-21(13-15)25(17-4-8-19(28)9-5-17)30-22(26-32-31-16(2)33(23)26)14-24(34)29-20-10-6-18(7-11-20)27(35)36/h3-13,22,35-36H,14H2,1-2H3,(H,29,34)/t22-/m0/s1. The van der Waals surface area contributed by atoms with Crippen LogP contribution in [0, 0.1) is 13.8 Å². The van der Waals surface area contributed by atoms with E-state index in [0.29, 0.717) is 27.8 Å². The summed E-state index contributed by atoms with van der Waals surface area (Å²) in [6.45, 7) is 3.90. The highest BCUT2D eigenvalue weighted by Gasteiger charge is 2.29. The van der Waals surface area contributed by atoms with Crippen LogP contribution in [0.5, 0.6) is 0 Å². The number of benzene rings is 3. The van der Waals surface area contributed by atoms with Crippen molar-refractivity contribution in [1.29, 1.82) is 0 Å². The second kappa shape index (κ2) is 9.70. The number of nitrogens with zero attached hydrogens (tertiary/aromatic N) is 4. The summed E-state index contributed by atoms with van der Waals surface area (Å²) in [6, 6.07) is 19.3. The molecule has 0 aliphatic carbocycles. The Morgan fingerprint density at radius 1 is 1.03 bits per heavy atom. The number of aliphatic imine (C=N–C) groups is 1. The van der Waals surface area contributed by atoms with Crippen LogP contribution >= 0.6 is 11.6 Å². The van der Waals surface area contributed by atoms with Crippen molar-refractivity contribution < 1.29 is 14.8 Å². The van der Waals surface area contributed by atoms with Crippen LogP contribution in [0.2, 0.25) is 5.02 Å². The third kappa shape index (κ3) is 4.68. The number of halogens is 1. The lowest BCUT2D eigenvalue weighted by molar-refractivity contribution is -0.116. The summed E-state index contributed by atoms with van der Waals surface area (Å²) < 4.78 is 1.95. The van der Waals surface area contributed by atoms with E-state index in [1.807, 2.05) is 54.8 Å². The van der Waals surface area contributed by atoms with Crippen molar-refractivity contribution in [2.45, 2.75) is 26.3 Å². The molecule has 3 N–H and O–H groups in total. The van der Waals surface area contributed by atoms with Crippen LogP contribution in [-0.4, -0.2) is 43.5 Å². The predicted molar refractivity (Wildman–Crippen MR) is 140 cm³/mol. The van der Waals surface area contributed by atoms with Crippen LogP contribution in [0.25, 0.3) is 5.69 Å². The minimum absolute atomic E-state index is 0.0343. The lowest BCUT2D eigenvalue weighted by Gasteiger charge is -2.13. The molecule has 1 amide bonds. The quantitative estimate of drug-likeness (QED) is 0.365. The van der Waals surface area contributed by atoms with Gasteiger partial charge in [0.25, 0.3) is 0 Å². The maximum absolute atomic E-state index is 13.1. The molecular weight excluding hydrogens is 477 g/mol. The SMILES string of the molecule is Cc1ccc2c(c1)C(c1ccc(Cl)cc1)=N[C@@H](CC(=O)Nc1ccc(B(O)O)cc1)c1nnc(C)n1-2. The lowest BCUT2D eigenvalue weighted by atomic mass is 9.80. The molecule has 5 rings (SSSR count). The summed E-state index contributed by atoms with van der Waals surface area (Å²) in [7, 11) is -1.57. The van der Waals surface area contributed by atoms with E-state index >= 15 is 0 Å². The Morgan fingerprint density at radius 3 is 2.44 bits per heavy atom. The van der Waals surface area contributed by atoms with Gasteiger partial charge in [0.15, 0.2) is 5.82 Å². The van der Waals surface area contributed by atoms with E-state index in [9.17, 15) is 14.8 Å². The molecule has 1 aromatic heterocycles. The fourth-order valence-corrected chi connectivity index (χ4v) is 4.44. The highest BCUT2D eigenvalue weighted by molar-refractivity contribution is 6.58. The van der Waals surface area contributed by atoms with Crippen molar-refractivity contribution in [1.82, 2.24) is 14.8 Å². The molecule has 0 unspecified atom stereocenters. The number of carbonyl (C=O) groups is 1. The number of aryl methyl sites for hydroxylation is 2. The van der Waals surface area contributed by atoms with Crippen molar-refractivity contribution in [3.8, 4) is 5.69 Å². The number of amides is 1. The molecule has 0 bridgehead atoms. The maximum Gasteiger partial charge on any atom is 0.488 e. The average molecular weight is 500 g/mol. The average Bonchev–Trinajstić information content (AvgIpc) is 3.17. The summed E-state index contributed by atoms with van der Waals surface area (Å²) in [5.41, 5.74) is 5.40. The van der Waals surface area contributed by atoms with Crippen LogP contribution < -0.4 is 10.8 Å². The van der Waals surface area contributed by atoms with Crippen molar-refractivity contribution in [2.75, 3.05) is 5.32 Å². The van der Waals surface area contributed by atoms with E-state index in [1.54, 1.807) is 24.3 Å². The summed E-state index contributed by atoms with van der Waals surface area (Å²) in [4.78, 5) is 18.1. The number of anilines is 1. The van der Waals surface area contributed by atoms with Crippen LogP contribution in [-0.2, 0) is 4.79 Å². The Bertz CT molecular complexity index is 1470. The summed E-state index contributed by atoms with van der Waals surface area (Å²) in [5, 5.41) is 30.8. The number of fused-ring (bicyclic) bond motifs is 3. The molecule has 0 fully saturated rings. The van der Waals surface area contributed by atoms with Gasteiger partial charge in [-0.3, -0.25) is 14.4 Å². The third-order valence-electron chi connectivity index (χ3n) is 6.07. The summed E-state index contributed by atoms with van der Waals surface area (Å²) >= 11 is 6.14. The van der Waals surface area contributed by atoms with Gasteiger partial charge in [0.05, 0.1) is 17.8 Å². The van der Waals surface area contributed by atoms with Gasteiger partial charge in [-0.15, -0.1) is 10.2 Å². The molecule has 0 radical (unpaired) electrons. The minimum Gasteiger partial charge on any atom is -0.423 e. The largest absolute Gasteiger partial charge is 0.488 e. The van der Waals surface area contributed by atoms with Crippen LogP contribution in [0.3, 0.4) is 0 Å². The molecule has 0 spiro atoms. The third-order valence-corrected chi connectivity index (χ3v) is 6.32. The summed E-state index contributed by atoms with van der Waals surface area (Å²) in [5.74, 6) is 1.02. The van der Waals surface area contributed by atoms with Crippen LogP contribution in [0.1, 0.15) is 40.8 Å². The topological polar surface area (TPSA) is 113 Å². The smallest absolute Gasteiger partial charge is 0.423 e. The Labute approximate surface area is 213 Å². The first kappa shape index (κ1) is 23.9. The van der Waals surface area contributed by atoms with Crippen molar-refractivity contribution in [3.63, 3.8) is 0 Å². The van der Waals surface area contributed by atoms with E-state index < -0.39 is 13.2 Å². The van der Waals surface area contributed by atoms with E-state index in [0.717, 1.165) is 28.1 Å². The monoisotopic (exact) mass is 499 g/mol. The van der Waals surface area contributed by atoms with E-state index in [4.69, 9.17) is 16.6 Å². The highest BCUT2D eigenvalue weighted by atomic mass is 35.5. The molecule has 0 saturated heterocycles. The van der Waals surface area contributed by atoms with Gasteiger partial charge in [0, 0.05) is 21.8 Å². The first-order valence-corrected chi connectivity index (χ1v) is 11.8. The first-order valence-electron chi connectivity index (χ1n) is 11.4. The van der Waals surface area contributed by atoms with Gasteiger partial charge in [-0.25, -0.2) is 0 Å². The van der Waals surface area contributed by atoms with Crippen molar-refractivity contribution in [2.24, 2.45) is 4.99 Å². The number of rotatable bonds is 5. The summed E-state index contributed by atoms with van der Waals surface area (Å²) in [6.07, 6.45) is 0.0343. The molecule has 36 heavy (non-hydrogen) atoms. The van der Waals surface area contributed by atoms with Gasteiger partial charge in [-0.1, -0.05) is 47.5 Å². The van der Waals surface area contributed by atoms with Gasteiger partial charge in [-0.2, -0.15) is 0 Å². The number of hydrogen-bond donors (Lipinski definition) is 3. The molecule has 4 aromatic rings. The van der Waals surface area contributed by atoms with Crippen LogP contribution in [0.15, 0.2) is 71.7 Å². The number of aromatic nitrogens is 3. The Morgan fingerprint density at radius 2 is 1.75 bits per heavy atom. The fourth-order valence-electron chi connectivity index (χ4n) is 4.31. The second-order valence-electron chi connectivity index (χ2n) is 8.71. The first-order chi connectivity index (χ1) is 17.3. The zero-order valence-electron chi connectivity index (χ0n) is 19.7. The molecule has 10 heteroatoms. The molecule has 2 heterocycles. The van der Waals surface area contributed by atoms with Crippen molar-refractivity contribution in [3.05, 3.63) is 100 Å². The van der Waals surface area contributed by atoms with Crippen molar-refractivity contribution >= 4 is 41.5 Å². The molecule has 8 nitrogen and oxygen atoms in total. The van der Waals surface area contributed by atoms with E-state index in [1.165, 1.54) is 0 Å². The highest BCUT2D eigenvalue weighted by Crippen LogP contribution is 2.33. The molecule has 1 aliphatic rings. The Balaban J connectivity index is 1.55. The second-order valence-corrected chi connectivity index (χ2v) is 9.15. The zero-order valence-corrected chi connectivity index (χ0v) is 20.4. The molecule has 3 aromatic carbocycles. The van der Waals surface area contributed by atoms with Gasteiger partial charge < -0.3 is 15.4 Å². The maximum atomic E-state index is 13.1. The van der Waals surface area contributed by atoms with Gasteiger partial charge >= 0.3 is 7.12 Å². The molecule has 1 atom stereocenters. The fraction of sp³-hybridized carbons (Fsp3) is 0.154. The van der Waals surface area contributed by atoms with E-state index in [-0.39, 0.29) is 12.3 Å². The van der Waals surface area contributed by atoms with Gasteiger partial charge in [0.1, 0.15) is 11.9 Å². The molecule has 0 saturated carbocycles. The number of nitrogens with one attached hydrogen (secondary N) is 1. The molecular formula is C26H23BClN5O3.